The van der Waals surface area contributed by atoms with Gasteiger partial charge in [0.2, 0.25) is 23.7 Å². The maximum absolute atomic E-state index is 11.2. The fourth-order valence-corrected chi connectivity index (χ4v) is 5.71. The molecule has 3 heterocycles. The van der Waals surface area contributed by atoms with E-state index in [1.165, 1.54) is 11.8 Å². The van der Waals surface area contributed by atoms with Gasteiger partial charge in [0.1, 0.15) is 11.9 Å². The van der Waals surface area contributed by atoms with Crippen LogP contribution in [0.25, 0.3) is 33.6 Å². The molecule has 0 aliphatic carbocycles. The van der Waals surface area contributed by atoms with Crippen LogP contribution in [0.3, 0.4) is 0 Å². The lowest BCUT2D eigenvalue weighted by molar-refractivity contribution is -0.389. The number of nitro groups is 1. The predicted molar refractivity (Wildman–Crippen MR) is 225 cm³/mol. The number of aromatic amines is 1. The molecule has 0 fully saturated rings. The summed E-state index contributed by atoms with van der Waals surface area (Å²) in [5.41, 5.74) is 17.0. The quantitative estimate of drug-likeness (QED) is 0.0367. The Balaban J connectivity index is 0.000000201. The van der Waals surface area contributed by atoms with Crippen LogP contribution in [-0.2, 0) is 6.42 Å². The third kappa shape index (κ3) is 12.0. The van der Waals surface area contributed by atoms with Crippen LogP contribution < -0.4 is 26.8 Å². The molecule has 16 nitrogen and oxygen atoms in total. The lowest BCUT2D eigenvalue weighted by atomic mass is 10.1. The van der Waals surface area contributed by atoms with Gasteiger partial charge in [0, 0.05) is 54.2 Å². The number of aryl methyl sites for hydroxylation is 1. The van der Waals surface area contributed by atoms with E-state index in [2.05, 4.69) is 64.8 Å². The van der Waals surface area contributed by atoms with Gasteiger partial charge in [-0.15, -0.1) is 0 Å². The number of primary amides is 2. The number of H-pyrrole nitrogens is 1. The maximum atomic E-state index is 11.2. The average Bonchev–Trinajstić information content (AvgIpc) is 3.76. The van der Waals surface area contributed by atoms with Crippen LogP contribution in [0.4, 0.5) is 17.7 Å². The molecule has 7 rings (SSSR count). The van der Waals surface area contributed by atoms with Crippen LogP contribution in [0.15, 0.2) is 134 Å². The van der Waals surface area contributed by atoms with Crippen LogP contribution in [0.2, 0.25) is 0 Å². The number of imidazole rings is 1. The van der Waals surface area contributed by atoms with Crippen molar-refractivity contribution in [2.45, 2.75) is 19.3 Å². The lowest BCUT2D eigenvalue weighted by Gasteiger charge is -2.09. The number of ether oxygens (including phenoxy) is 1. The Hall–Kier alpha value is -8.01. The van der Waals surface area contributed by atoms with E-state index in [1.54, 1.807) is 54.9 Å². The van der Waals surface area contributed by atoms with Crippen molar-refractivity contribution >= 4 is 29.5 Å². The molecule has 0 radical (unpaired) electrons. The SMILES string of the molecule is NC(=O)c1ccc(-c2ccnc(NCCCOc3cccc(-c4ccccc4)c3)n2)cc1.NC(=O)c1ccc(-c2ccnc(NCCCc3ncc([N+](=O)[O-])[nH]3)n2)cc1. The first-order valence-electron chi connectivity index (χ1n) is 18.6. The fraction of sp³-hybridized carbons (Fsp3) is 0.140. The first-order chi connectivity index (χ1) is 28.7. The van der Waals surface area contributed by atoms with Gasteiger partial charge in [0.25, 0.3) is 0 Å². The van der Waals surface area contributed by atoms with Gasteiger partial charge in [-0.3, -0.25) is 9.59 Å². The molecule has 7 N–H and O–H groups in total. The smallest absolute Gasteiger partial charge is 0.340 e. The zero-order valence-corrected chi connectivity index (χ0v) is 31.8. The number of benzene rings is 4. The molecule has 0 aliphatic heterocycles. The van der Waals surface area contributed by atoms with Gasteiger partial charge in [-0.25, -0.2) is 29.9 Å². The average molecular weight is 792 g/mol. The summed E-state index contributed by atoms with van der Waals surface area (Å²) in [6.07, 6.45) is 6.62. The minimum atomic E-state index is -0.510. The second-order valence-corrected chi connectivity index (χ2v) is 12.9. The van der Waals surface area contributed by atoms with Crippen molar-refractivity contribution in [2.75, 3.05) is 30.3 Å². The van der Waals surface area contributed by atoms with Gasteiger partial charge in [-0.2, -0.15) is 0 Å². The molecule has 0 saturated heterocycles. The van der Waals surface area contributed by atoms with Crippen LogP contribution in [0, 0.1) is 10.1 Å². The molecule has 0 saturated carbocycles. The van der Waals surface area contributed by atoms with Crippen molar-refractivity contribution in [1.82, 2.24) is 29.9 Å². The number of rotatable bonds is 17. The second-order valence-electron chi connectivity index (χ2n) is 12.9. The van der Waals surface area contributed by atoms with Gasteiger partial charge >= 0.3 is 5.82 Å². The van der Waals surface area contributed by atoms with Crippen LogP contribution in [0.5, 0.6) is 5.75 Å². The van der Waals surface area contributed by atoms with E-state index >= 15 is 0 Å². The van der Waals surface area contributed by atoms with E-state index in [1.807, 2.05) is 48.5 Å². The van der Waals surface area contributed by atoms with Crippen molar-refractivity contribution in [2.24, 2.45) is 11.5 Å². The summed E-state index contributed by atoms with van der Waals surface area (Å²) in [4.78, 5) is 56.5. The van der Waals surface area contributed by atoms with Gasteiger partial charge in [0.05, 0.1) is 18.0 Å². The summed E-state index contributed by atoms with van der Waals surface area (Å²) >= 11 is 0. The molecule has 298 valence electrons. The number of nitrogens with one attached hydrogen (secondary N) is 3. The molecule has 7 aromatic rings. The Morgan fingerprint density at radius 3 is 1.76 bits per heavy atom. The number of aromatic nitrogens is 6. The van der Waals surface area contributed by atoms with Crippen molar-refractivity contribution in [3.8, 4) is 39.4 Å². The highest BCUT2D eigenvalue weighted by atomic mass is 16.6. The Morgan fingerprint density at radius 1 is 0.661 bits per heavy atom. The topological polar surface area (TPSA) is 243 Å². The summed E-state index contributed by atoms with van der Waals surface area (Å²) in [5.74, 6) is 1.39. The first-order valence-corrected chi connectivity index (χ1v) is 18.6. The maximum Gasteiger partial charge on any atom is 0.340 e. The predicted octanol–water partition coefficient (Wildman–Crippen LogP) is 6.71. The molecule has 0 aliphatic rings. The van der Waals surface area contributed by atoms with Crippen LogP contribution in [0.1, 0.15) is 39.4 Å². The number of carbonyl (C=O) groups excluding carboxylic acids is 2. The molecule has 0 unspecified atom stereocenters. The van der Waals surface area contributed by atoms with E-state index in [0.29, 0.717) is 67.1 Å². The Kier molecular flexibility index (Phi) is 13.9. The van der Waals surface area contributed by atoms with Crippen molar-refractivity contribution in [3.05, 3.63) is 161 Å². The summed E-state index contributed by atoms with van der Waals surface area (Å²) in [6, 6.07) is 35.8. The zero-order valence-electron chi connectivity index (χ0n) is 31.8. The molecular weight excluding hydrogens is 751 g/mol. The van der Waals surface area contributed by atoms with Gasteiger partial charge in [0.15, 0.2) is 5.82 Å². The van der Waals surface area contributed by atoms with E-state index in [9.17, 15) is 19.7 Å². The monoisotopic (exact) mass is 791 g/mol. The molecule has 3 aromatic heterocycles. The van der Waals surface area contributed by atoms with Crippen molar-refractivity contribution in [1.29, 1.82) is 0 Å². The number of nitrogens with two attached hydrogens (primary N) is 2. The Morgan fingerprint density at radius 2 is 1.22 bits per heavy atom. The Bertz CT molecular complexity index is 2480. The molecule has 0 bridgehead atoms. The molecule has 2 amide bonds. The minimum Gasteiger partial charge on any atom is -0.494 e. The van der Waals surface area contributed by atoms with Gasteiger partial charge < -0.3 is 37.0 Å². The third-order valence-corrected chi connectivity index (χ3v) is 8.74. The zero-order chi connectivity index (χ0) is 41.4. The molecule has 16 heteroatoms. The van der Waals surface area contributed by atoms with Gasteiger partial charge in [-0.05, 0) is 77.4 Å². The highest BCUT2D eigenvalue weighted by Crippen LogP contribution is 2.24. The van der Waals surface area contributed by atoms with Crippen LogP contribution in [-0.4, -0.2) is 66.3 Å². The highest BCUT2D eigenvalue weighted by Gasteiger charge is 2.10. The number of hydrogen-bond acceptors (Lipinski definition) is 12. The normalized spacial score (nSPS) is 10.5. The number of carbonyl (C=O) groups is 2. The number of amides is 2. The van der Waals surface area contributed by atoms with Crippen molar-refractivity contribution in [3.63, 3.8) is 0 Å². The highest BCUT2D eigenvalue weighted by molar-refractivity contribution is 5.93. The Labute approximate surface area is 339 Å². The summed E-state index contributed by atoms with van der Waals surface area (Å²) in [7, 11) is 0. The summed E-state index contributed by atoms with van der Waals surface area (Å²) < 4.78 is 5.91. The largest absolute Gasteiger partial charge is 0.494 e. The third-order valence-electron chi connectivity index (χ3n) is 8.74. The molecule has 4 aromatic carbocycles. The lowest BCUT2D eigenvalue weighted by Crippen LogP contribution is -2.10. The van der Waals surface area contributed by atoms with E-state index < -0.39 is 16.7 Å². The minimum absolute atomic E-state index is 0.114. The standard InChI is InChI=1S/C26H24N4O2.C17H17N7O3/c27-25(31)21-12-10-20(11-13-21)24-14-16-29-26(30-24)28-15-5-17-32-23-9-4-8-22(18-23)19-6-2-1-3-7-19;18-16(25)12-5-3-11(4-6-12)13-7-9-20-17(22-13)19-8-1-2-14-21-10-15(23-14)24(26)27/h1-4,6-14,16,18H,5,15,17H2,(H2,27,31)(H,28,29,30);3-7,9-10H,1-2,8H2,(H2,18,25)(H,21,23)(H,19,20,22). The molecule has 0 atom stereocenters. The van der Waals surface area contributed by atoms with E-state index in [-0.39, 0.29) is 5.82 Å². The van der Waals surface area contributed by atoms with Gasteiger partial charge in [-0.1, -0.05) is 66.7 Å². The number of nitrogens with zero attached hydrogens (tertiary/aromatic N) is 6. The summed E-state index contributed by atoms with van der Waals surface area (Å²) in [5, 5.41) is 17.0. The number of hydrogen-bond donors (Lipinski definition) is 5. The summed E-state index contributed by atoms with van der Waals surface area (Å²) in [6.45, 7) is 1.85. The molecule has 0 spiro atoms. The second kappa shape index (κ2) is 20.2. The van der Waals surface area contributed by atoms with Crippen LogP contribution >= 0.6 is 0 Å². The van der Waals surface area contributed by atoms with Crippen molar-refractivity contribution < 1.29 is 19.2 Å². The first kappa shape index (κ1) is 40.6. The van der Waals surface area contributed by atoms with E-state index in [0.717, 1.165) is 34.6 Å². The fourth-order valence-electron chi connectivity index (χ4n) is 5.71. The number of anilines is 2. The van der Waals surface area contributed by atoms with E-state index in [4.69, 9.17) is 16.2 Å². The molecular formula is C43H41N11O5. The molecule has 59 heavy (non-hydrogen) atoms.